The first kappa shape index (κ1) is 10.9. The fourth-order valence-corrected chi connectivity index (χ4v) is 0.952. The highest BCUT2D eigenvalue weighted by Crippen LogP contribution is 1.96. The van der Waals surface area contributed by atoms with E-state index >= 15 is 0 Å². The average molecular weight is 209 g/mol. The monoisotopic (exact) mass is 209 g/mol. The minimum Gasteiger partial charge on any atom is -0.409 e. The Kier molecular flexibility index (Phi) is 3.55. The smallest absolute Gasteiger partial charge is 0.274 e. The zero-order chi connectivity index (χ0) is 11.3. The molecule has 7 nitrogen and oxygen atoms in total. The second kappa shape index (κ2) is 4.89. The summed E-state index contributed by atoms with van der Waals surface area (Å²) in [4.78, 5) is 20.5. The van der Waals surface area contributed by atoms with E-state index in [1.165, 1.54) is 30.5 Å². The third-order valence-corrected chi connectivity index (χ3v) is 1.66. The number of carbonyl (C=O) groups excluding carboxylic acids is 1. The van der Waals surface area contributed by atoms with Crippen LogP contribution in [0.5, 0.6) is 0 Å². The molecule has 1 amide bonds. The van der Waals surface area contributed by atoms with Gasteiger partial charge < -0.3 is 15.8 Å². The Morgan fingerprint density at radius 2 is 2.40 bits per heavy atom. The second-order valence-corrected chi connectivity index (χ2v) is 2.84. The van der Waals surface area contributed by atoms with E-state index in [0.29, 0.717) is 0 Å². The molecule has 1 aromatic rings. The molecule has 0 aliphatic heterocycles. The van der Waals surface area contributed by atoms with Crippen LogP contribution in [-0.4, -0.2) is 45.4 Å². The highest BCUT2D eigenvalue weighted by Gasteiger charge is 2.13. The molecule has 0 saturated heterocycles. The van der Waals surface area contributed by atoms with E-state index in [-0.39, 0.29) is 24.0 Å². The maximum absolute atomic E-state index is 11.6. The average Bonchev–Trinajstić information content (AvgIpc) is 2.29. The maximum Gasteiger partial charge on any atom is 0.274 e. The van der Waals surface area contributed by atoms with E-state index < -0.39 is 0 Å². The molecule has 0 saturated carbocycles. The number of aromatic nitrogens is 2. The molecule has 1 aromatic heterocycles. The molecule has 0 fully saturated rings. The van der Waals surface area contributed by atoms with Crippen LogP contribution in [-0.2, 0) is 0 Å². The van der Waals surface area contributed by atoms with Gasteiger partial charge in [-0.05, 0) is 0 Å². The van der Waals surface area contributed by atoms with Crippen molar-refractivity contribution in [3.05, 3.63) is 24.3 Å². The van der Waals surface area contributed by atoms with Crippen molar-refractivity contribution in [3.8, 4) is 0 Å². The number of hydrogen-bond acceptors (Lipinski definition) is 5. The summed E-state index contributed by atoms with van der Waals surface area (Å²) in [5.74, 6) is -0.385. The fraction of sp³-hybridized carbons (Fsp3) is 0.250. The Morgan fingerprint density at radius 3 is 2.93 bits per heavy atom. The summed E-state index contributed by atoms with van der Waals surface area (Å²) in [5, 5.41) is 11.1. The number of nitrogens with zero attached hydrogens (tertiary/aromatic N) is 4. The molecule has 0 aromatic carbocycles. The van der Waals surface area contributed by atoms with Crippen LogP contribution >= 0.6 is 0 Å². The standard InChI is InChI=1S/C8H11N5O2/c1-13(5-7(9)12-15)8(14)6-4-10-2-3-11-6/h2-4,15H,5H2,1H3,(H2,9,12). The number of nitrogens with two attached hydrogens (primary N) is 1. The molecule has 0 spiro atoms. The van der Waals surface area contributed by atoms with Gasteiger partial charge in [0.2, 0.25) is 0 Å². The number of oxime groups is 1. The van der Waals surface area contributed by atoms with Crippen LogP contribution in [0, 0.1) is 0 Å². The molecular weight excluding hydrogens is 198 g/mol. The number of amides is 1. The van der Waals surface area contributed by atoms with Crippen LogP contribution in [0.3, 0.4) is 0 Å². The Bertz CT molecular complexity index is 365. The van der Waals surface area contributed by atoms with Gasteiger partial charge in [-0.1, -0.05) is 5.16 Å². The highest BCUT2D eigenvalue weighted by molar-refractivity contribution is 5.95. The molecule has 0 atom stereocenters. The summed E-state index contributed by atoms with van der Waals surface area (Å²) in [6.07, 6.45) is 4.25. The third-order valence-electron chi connectivity index (χ3n) is 1.66. The first-order valence-corrected chi connectivity index (χ1v) is 4.13. The number of rotatable bonds is 3. The quantitative estimate of drug-likeness (QED) is 0.296. The third kappa shape index (κ3) is 2.90. The molecule has 3 N–H and O–H groups in total. The van der Waals surface area contributed by atoms with E-state index in [0.717, 1.165) is 0 Å². The Morgan fingerprint density at radius 1 is 1.67 bits per heavy atom. The van der Waals surface area contributed by atoms with Crippen molar-refractivity contribution in [1.82, 2.24) is 14.9 Å². The molecule has 0 bridgehead atoms. The molecule has 80 valence electrons. The van der Waals surface area contributed by atoms with Crippen LogP contribution in [0.4, 0.5) is 0 Å². The summed E-state index contributed by atoms with van der Waals surface area (Å²) in [6, 6.07) is 0. The lowest BCUT2D eigenvalue weighted by molar-refractivity contribution is 0.0807. The number of amidine groups is 1. The largest absolute Gasteiger partial charge is 0.409 e. The summed E-state index contributed by atoms with van der Waals surface area (Å²) < 4.78 is 0. The topological polar surface area (TPSA) is 105 Å². The molecule has 1 heterocycles. The highest BCUT2D eigenvalue weighted by atomic mass is 16.4. The van der Waals surface area contributed by atoms with Gasteiger partial charge in [0.05, 0.1) is 12.7 Å². The zero-order valence-corrected chi connectivity index (χ0v) is 8.16. The summed E-state index contributed by atoms with van der Waals surface area (Å²) in [6.45, 7) is 0.0336. The molecule has 0 aliphatic rings. The second-order valence-electron chi connectivity index (χ2n) is 2.84. The molecule has 1 rings (SSSR count). The van der Waals surface area contributed by atoms with Gasteiger partial charge in [0.15, 0.2) is 5.84 Å². The van der Waals surface area contributed by atoms with Crippen molar-refractivity contribution >= 4 is 11.7 Å². The Hall–Kier alpha value is -2.18. The summed E-state index contributed by atoms with van der Waals surface area (Å²) in [7, 11) is 1.52. The molecule has 15 heavy (non-hydrogen) atoms. The van der Waals surface area contributed by atoms with Crippen molar-refractivity contribution < 1.29 is 10.0 Å². The van der Waals surface area contributed by atoms with Crippen molar-refractivity contribution in [2.75, 3.05) is 13.6 Å². The van der Waals surface area contributed by atoms with Crippen LogP contribution in [0.2, 0.25) is 0 Å². The molecule has 0 radical (unpaired) electrons. The van der Waals surface area contributed by atoms with Gasteiger partial charge >= 0.3 is 0 Å². The van der Waals surface area contributed by atoms with E-state index in [1.54, 1.807) is 0 Å². The molecule has 7 heteroatoms. The van der Waals surface area contributed by atoms with Crippen molar-refractivity contribution in [2.45, 2.75) is 0 Å². The van der Waals surface area contributed by atoms with Crippen molar-refractivity contribution in [3.63, 3.8) is 0 Å². The van der Waals surface area contributed by atoms with Crippen LogP contribution in [0.25, 0.3) is 0 Å². The molecule has 0 unspecified atom stereocenters. The number of hydrogen-bond donors (Lipinski definition) is 2. The van der Waals surface area contributed by atoms with E-state index in [9.17, 15) is 4.79 Å². The Balaban J connectivity index is 2.70. The lowest BCUT2D eigenvalue weighted by Crippen LogP contribution is -2.35. The lowest BCUT2D eigenvalue weighted by atomic mass is 10.4. The summed E-state index contributed by atoms with van der Waals surface area (Å²) >= 11 is 0. The van der Waals surface area contributed by atoms with Crippen molar-refractivity contribution in [2.24, 2.45) is 10.9 Å². The van der Waals surface area contributed by atoms with Gasteiger partial charge in [0.1, 0.15) is 5.69 Å². The predicted molar refractivity (Wildman–Crippen MR) is 52.4 cm³/mol. The van der Waals surface area contributed by atoms with Gasteiger partial charge in [-0.25, -0.2) is 4.98 Å². The van der Waals surface area contributed by atoms with Gasteiger partial charge in [-0.15, -0.1) is 0 Å². The van der Waals surface area contributed by atoms with E-state index in [1.807, 2.05) is 0 Å². The van der Waals surface area contributed by atoms with Crippen LogP contribution in [0.15, 0.2) is 23.7 Å². The van der Waals surface area contributed by atoms with Gasteiger partial charge in [0, 0.05) is 19.4 Å². The zero-order valence-electron chi connectivity index (χ0n) is 8.16. The normalized spacial score (nSPS) is 11.1. The molecular formula is C8H11N5O2. The van der Waals surface area contributed by atoms with Crippen LogP contribution < -0.4 is 5.73 Å². The van der Waals surface area contributed by atoms with E-state index in [2.05, 4.69) is 15.1 Å². The van der Waals surface area contributed by atoms with Crippen molar-refractivity contribution in [1.29, 1.82) is 0 Å². The molecule has 0 aliphatic carbocycles. The predicted octanol–water partition coefficient (Wildman–Crippen LogP) is -0.705. The minimum atomic E-state index is -0.338. The fourth-order valence-electron chi connectivity index (χ4n) is 0.952. The van der Waals surface area contributed by atoms with E-state index in [4.69, 9.17) is 10.9 Å². The first-order chi connectivity index (χ1) is 7.15. The minimum absolute atomic E-state index is 0.0336. The maximum atomic E-state index is 11.6. The number of likely N-dealkylation sites (N-methyl/N-ethyl adjacent to an activating group) is 1. The lowest BCUT2D eigenvalue weighted by Gasteiger charge is -2.14. The van der Waals surface area contributed by atoms with Gasteiger partial charge in [-0.3, -0.25) is 9.78 Å². The SMILES string of the molecule is CN(CC(N)=NO)C(=O)c1cnccn1. The van der Waals surface area contributed by atoms with Gasteiger partial charge in [-0.2, -0.15) is 0 Å². The van der Waals surface area contributed by atoms with Crippen LogP contribution in [0.1, 0.15) is 10.5 Å². The van der Waals surface area contributed by atoms with Gasteiger partial charge in [0.25, 0.3) is 5.91 Å². The Labute approximate surface area is 86.2 Å². The number of carbonyl (C=O) groups is 1. The first-order valence-electron chi connectivity index (χ1n) is 4.13. The summed E-state index contributed by atoms with van der Waals surface area (Å²) in [5.41, 5.74) is 5.47.